The van der Waals surface area contributed by atoms with Crippen molar-refractivity contribution in [2.24, 2.45) is 0 Å². The van der Waals surface area contributed by atoms with Gasteiger partial charge in [0.2, 0.25) is 0 Å². The molecule has 0 fully saturated rings. The predicted octanol–water partition coefficient (Wildman–Crippen LogP) is 5.88. The fourth-order valence-electron chi connectivity index (χ4n) is 1.81. The Morgan fingerprint density at radius 1 is 1.11 bits per heavy atom. The Morgan fingerprint density at radius 3 is 2.42 bits per heavy atom. The molecule has 1 nitrogen and oxygen atoms in total. The van der Waals surface area contributed by atoms with Crippen LogP contribution < -0.4 is 4.74 Å². The summed E-state index contributed by atoms with van der Waals surface area (Å²) in [7, 11) is 0. The average molecular weight is 360 g/mol. The summed E-state index contributed by atoms with van der Waals surface area (Å²) in [5.41, 5.74) is 2.06. The Labute approximate surface area is 131 Å². The SMILES string of the molecule is CCOc1cc(Cl)c(C(Br)c2ccccc2)cc1Cl. The molecule has 4 heteroatoms. The number of ether oxygens (including phenoxy) is 1. The molecule has 2 rings (SSSR count). The summed E-state index contributed by atoms with van der Waals surface area (Å²) in [4.78, 5) is 0.00868. The van der Waals surface area contributed by atoms with E-state index in [-0.39, 0.29) is 4.83 Å². The zero-order chi connectivity index (χ0) is 13.8. The van der Waals surface area contributed by atoms with Gasteiger partial charge >= 0.3 is 0 Å². The summed E-state index contributed by atoms with van der Waals surface area (Å²) in [6, 6.07) is 13.7. The lowest BCUT2D eigenvalue weighted by Crippen LogP contribution is -1.97. The van der Waals surface area contributed by atoms with Gasteiger partial charge in [-0.25, -0.2) is 0 Å². The Balaban J connectivity index is 2.38. The molecule has 0 amide bonds. The highest BCUT2D eigenvalue weighted by Gasteiger charge is 2.16. The van der Waals surface area contributed by atoms with Crippen LogP contribution in [0.5, 0.6) is 5.75 Å². The van der Waals surface area contributed by atoms with E-state index in [1.54, 1.807) is 6.07 Å². The second-order valence-corrected chi connectivity index (χ2v) is 5.74. The molecule has 2 aromatic carbocycles. The summed E-state index contributed by atoms with van der Waals surface area (Å²) < 4.78 is 5.43. The molecular formula is C15H13BrCl2O. The highest BCUT2D eigenvalue weighted by Crippen LogP contribution is 2.40. The van der Waals surface area contributed by atoms with Gasteiger partial charge in [0.25, 0.3) is 0 Å². The van der Waals surface area contributed by atoms with E-state index < -0.39 is 0 Å². The van der Waals surface area contributed by atoms with E-state index in [4.69, 9.17) is 27.9 Å². The molecule has 0 heterocycles. The highest BCUT2D eigenvalue weighted by atomic mass is 79.9. The van der Waals surface area contributed by atoms with Gasteiger partial charge in [0.15, 0.2) is 0 Å². The number of hydrogen-bond donors (Lipinski definition) is 0. The molecule has 0 aliphatic rings. The Hall–Kier alpha value is -0.700. The van der Waals surface area contributed by atoms with E-state index in [0.29, 0.717) is 22.4 Å². The molecule has 0 aliphatic heterocycles. The minimum atomic E-state index is 0.00868. The first-order valence-electron chi connectivity index (χ1n) is 5.94. The van der Waals surface area contributed by atoms with Crippen molar-refractivity contribution in [2.45, 2.75) is 11.8 Å². The largest absolute Gasteiger partial charge is 0.492 e. The number of halogens is 3. The monoisotopic (exact) mass is 358 g/mol. The maximum absolute atomic E-state index is 6.31. The normalized spacial score (nSPS) is 12.2. The summed E-state index contributed by atoms with van der Waals surface area (Å²) >= 11 is 16.2. The zero-order valence-corrected chi connectivity index (χ0v) is 13.5. The fourth-order valence-corrected chi connectivity index (χ4v) is 3.11. The van der Waals surface area contributed by atoms with Crippen molar-refractivity contribution in [3.63, 3.8) is 0 Å². The van der Waals surface area contributed by atoms with Crippen molar-refractivity contribution in [1.82, 2.24) is 0 Å². The van der Waals surface area contributed by atoms with Crippen LogP contribution in [0.15, 0.2) is 42.5 Å². The number of rotatable bonds is 4. The molecule has 0 saturated heterocycles. The van der Waals surface area contributed by atoms with Gasteiger partial charge in [-0.1, -0.05) is 69.5 Å². The lowest BCUT2D eigenvalue weighted by molar-refractivity contribution is 0.340. The van der Waals surface area contributed by atoms with Gasteiger partial charge in [0, 0.05) is 11.1 Å². The third-order valence-electron chi connectivity index (χ3n) is 2.72. The lowest BCUT2D eigenvalue weighted by Gasteiger charge is -2.15. The van der Waals surface area contributed by atoms with E-state index in [9.17, 15) is 0 Å². The molecule has 0 spiro atoms. The van der Waals surface area contributed by atoms with Crippen molar-refractivity contribution in [2.75, 3.05) is 6.61 Å². The minimum absolute atomic E-state index is 0.00868. The van der Waals surface area contributed by atoms with Crippen LogP contribution in [0.3, 0.4) is 0 Å². The van der Waals surface area contributed by atoms with E-state index in [2.05, 4.69) is 15.9 Å². The number of hydrogen-bond acceptors (Lipinski definition) is 1. The minimum Gasteiger partial charge on any atom is -0.492 e. The molecule has 19 heavy (non-hydrogen) atoms. The van der Waals surface area contributed by atoms with Gasteiger partial charge in [-0.05, 0) is 24.1 Å². The Morgan fingerprint density at radius 2 is 1.79 bits per heavy atom. The van der Waals surface area contributed by atoms with Gasteiger partial charge in [-0.2, -0.15) is 0 Å². The van der Waals surface area contributed by atoms with Gasteiger partial charge in [-0.15, -0.1) is 0 Å². The average Bonchev–Trinajstić information content (AvgIpc) is 2.43. The summed E-state index contributed by atoms with van der Waals surface area (Å²) in [5.74, 6) is 0.616. The van der Waals surface area contributed by atoms with E-state index >= 15 is 0 Å². The van der Waals surface area contributed by atoms with Crippen LogP contribution in [-0.4, -0.2) is 6.61 Å². The van der Waals surface area contributed by atoms with E-state index in [1.807, 2.05) is 43.3 Å². The molecule has 0 radical (unpaired) electrons. The first-order valence-corrected chi connectivity index (χ1v) is 7.61. The zero-order valence-electron chi connectivity index (χ0n) is 10.4. The first-order chi connectivity index (χ1) is 9.13. The summed E-state index contributed by atoms with van der Waals surface area (Å²) in [6.45, 7) is 2.47. The van der Waals surface area contributed by atoms with Gasteiger partial charge in [-0.3, -0.25) is 0 Å². The number of alkyl halides is 1. The van der Waals surface area contributed by atoms with Crippen LogP contribution in [0.25, 0.3) is 0 Å². The van der Waals surface area contributed by atoms with Crippen LogP contribution in [0.4, 0.5) is 0 Å². The molecule has 1 unspecified atom stereocenters. The molecule has 0 saturated carbocycles. The predicted molar refractivity (Wildman–Crippen MR) is 84.8 cm³/mol. The third-order valence-corrected chi connectivity index (χ3v) is 4.36. The van der Waals surface area contributed by atoms with Crippen molar-refractivity contribution in [1.29, 1.82) is 0 Å². The lowest BCUT2D eigenvalue weighted by atomic mass is 10.0. The van der Waals surface area contributed by atoms with Crippen LogP contribution in [0.2, 0.25) is 10.0 Å². The van der Waals surface area contributed by atoms with Crippen molar-refractivity contribution < 1.29 is 4.74 Å². The van der Waals surface area contributed by atoms with Crippen LogP contribution >= 0.6 is 39.1 Å². The Bertz CT molecular complexity index is 558. The third kappa shape index (κ3) is 3.44. The van der Waals surface area contributed by atoms with E-state index in [0.717, 1.165) is 11.1 Å². The second-order valence-electron chi connectivity index (χ2n) is 4.01. The number of benzene rings is 2. The van der Waals surface area contributed by atoms with Crippen molar-refractivity contribution in [3.8, 4) is 5.75 Å². The fraction of sp³-hybridized carbons (Fsp3) is 0.200. The van der Waals surface area contributed by atoms with Gasteiger partial charge < -0.3 is 4.74 Å². The van der Waals surface area contributed by atoms with Crippen molar-refractivity contribution >= 4 is 39.1 Å². The first kappa shape index (κ1) is 14.7. The maximum Gasteiger partial charge on any atom is 0.139 e. The molecular weight excluding hydrogens is 347 g/mol. The van der Waals surface area contributed by atoms with E-state index in [1.165, 1.54) is 0 Å². The van der Waals surface area contributed by atoms with Crippen LogP contribution in [0.1, 0.15) is 22.9 Å². The standard InChI is InChI=1S/C15H13BrCl2O/c1-2-19-14-9-12(17)11(8-13(14)18)15(16)10-6-4-3-5-7-10/h3-9,15H,2H2,1H3. The van der Waals surface area contributed by atoms with Gasteiger partial charge in [0.05, 0.1) is 16.5 Å². The molecule has 100 valence electrons. The molecule has 1 atom stereocenters. The molecule has 0 N–H and O–H groups in total. The second kappa shape index (κ2) is 6.65. The molecule has 2 aromatic rings. The Kier molecular flexibility index (Phi) is 5.14. The summed E-state index contributed by atoms with van der Waals surface area (Å²) in [5, 5.41) is 1.21. The molecule has 0 aliphatic carbocycles. The quantitative estimate of drug-likeness (QED) is 0.619. The molecule has 0 aromatic heterocycles. The topological polar surface area (TPSA) is 9.23 Å². The smallest absolute Gasteiger partial charge is 0.139 e. The van der Waals surface area contributed by atoms with Crippen molar-refractivity contribution in [3.05, 3.63) is 63.6 Å². The van der Waals surface area contributed by atoms with Crippen LogP contribution in [0, 0.1) is 0 Å². The van der Waals surface area contributed by atoms with Gasteiger partial charge in [0.1, 0.15) is 5.75 Å². The summed E-state index contributed by atoms with van der Waals surface area (Å²) in [6.07, 6.45) is 0. The van der Waals surface area contributed by atoms with Crippen LogP contribution in [-0.2, 0) is 0 Å². The maximum atomic E-state index is 6.31. The molecule has 0 bridgehead atoms. The highest BCUT2D eigenvalue weighted by molar-refractivity contribution is 9.09.